The average molecular weight is 262 g/mol. The third-order valence-electron chi connectivity index (χ3n) is 3.47. The van der Waals surface area contributed by atoms with Crippen LogP contribution in [-0.2, 0) is 11.2 Å². The molecule has 1 aromatic rings. The molecule has 0 aliphatic heterocycles. The first kappa shape index (κ1) is 13.9. The van der Waals surface area contributed by atoms with Crippen molar-refractivity contribution in [2.24, 2.45) is 5.73 Å². The molecule has 0 saturated carbocycles. The molecule has 1 atom stereocenters. The molecule has 104 valence electrons. The number of hydrogen-bond donors (Lipinski definition) is 2. The van der Waals surface area contributed by atoms with E-state index in [0.29, 0.717) is 19.6 Å². The first-order chi connectivity index (χ1) is 9.22. The summed E-state index contributed by atoms with van der Waals surface area (Å²) in [6.07, 6.45) is 3.55. The van der Waals surface area contributed by atoms with Gasteiger partial charge in [-0.25, -0.2) is 0 Å². The van der Waals surface area contributed by atoms with Crippen LogP contribution >= 0.6 is 0 Å². The third kappa shape index (κ3) is 3.47. The zero-order valence-corrected chi connectivity index (χ0v) is 11.4. The van der Waals surface area contributed by atoms with Gasteiger partial charge in [0.05, 0.1) is 13.0 Å². The number of fused-ring (bicyclic) bond motifs is 1. The molecule has 0 saturated heterocycles. The number of benzene rings is 1. The van der Waals surface area contributed by atoms with Crippen molar-refractivity contribution < 1.29 is 9.53 Å². The Bertz CT molecular complexity index is 446. The average Bonchev–Trinajstić information content (AvgIpc) is 2.40. The molecule has 3 N–H and O–H groups in total. The SMILES string of the molecule is CCNC(=O)CCOc1cccc2c1CCCC2N. The van der Waals surface area contributed by atoms with Gasteiger partial charge < -0.3 is 15.8 Å². The number of carbonyl (C=O) groups excluding carboxylic acids is 1. The maximum absolute atomic E-state index is 11.4. The summed E-state index contributed by atoms with van der Waals surface area (Å²) in [5.74, 6) is 0.918. The van der Waals surface area contributed by atoms with Gasteiger partial charge in [-0.3, -0.25) is 4.79 Å². The second-order valence-corrected chi connectivity index (χ2v) is 4.87. The molecule has 4 nitrogen and oxygen atoms in total. The van der Waals surface area contributed by atoms with E-state index < -0.39 is 0 Å². The summed E-state index contributed by atoms with van der Waals surface area (Å²) in [5.41, 5.74) is 8.53. The number of hydrogen-bond acceptors (Lipinski definition) is 3. The van der Waals surface area contributed by atoms with E-state index in [0.717, 1.165) is 25.0 Å². The third-order valence-corrected chi connectivity index (χ3v) is 3.47. The van der Waals surface area contributed by atoms with E-state index in [2.05, 4.69) is 11.4 Å². The van der Waals surface area contributed by atoms with Crippen LogP contribution in [-0.4, -0.2) is 19.1 Å². The first-order valence-electron chi connectivity index (χ1n) is 6.99. The van der Waals surface area contributed by atoms with Crippen molar-refractivity contribution in [3.8, 4) is 5.75 Å². The lowest BCUT2D eigenvalue weighted by atomic mass is 9.87. The largest absolute Gasteiger partial charge is 0.493 e. The molecule has 4 heteroatoms. The van der Waals surface area contributed by atoms with Crippen LogP contribution in [0.5, 0.6) is 5.75 Å². The Kier molecular flexibility index (Phi) is 4.80. The molecular weight excluding hydrogens is 240 g/mol. The van der Waals surface area contributed by atoms with Crippen molar-refractivity contribution in [3.05, 3.63) is 29.3 Å². The van der Waals surface area contributed by atoms with Crippen molar-refractivity contribution in [2.45, 2.75) is 38.6 Å². The maximum atomic E-state index is 11.4. The van der Waals surface area contributed by atoms with E-state index in [9.17, 15) is 4.79 Å². The van der Waals surface area contributed by atoms with Gasteiger partial charge in [0.25, 0.3) is 0 Å². The van der Waals surface area contributed by atoms with Crippen LogP contribution < -0.4 is 15.8 Å². The van der Waals surface area contributed by atoms with Gasteiger partial charge in [0.2, 0.25) is 5.91 Å². The molecule has 1 aliphatic rings. The highest BCUT2D eigenvalue weighted by Gasteiger charge is 2.19. The fourth-order valence-electron chi connectivity index (χ4n) is 2.53. The summed E-state index contributed by atoms with van der Waals surface area (Å²) in [5, 5.41) is 2.76. The lowest BCUT2D eigenvalue weighted by molar-refractivity contribution is -0.121. The van der Waals surface area contributed by atoms with Gasteiger partial charge in [0, 0.05) is 12.6 Å². The van der Waals surface area contributed by atoms with Crippen molar-refractivity contribution in [1.82, 2.24) is 5.32 Å². The predicted octanol–water partition coefficient (Wildman–Crippen LogP) is 1.93. The molecule has 0 heterocycles. The molecule has 2 rings (SSSR count). The van der Waals surface area contributed by atoms with Gasteiger partial charge in [-0.2, -0.15) is 0 Å². The number of carbonyl (C=O) groups is 1. The monoisotopic (exact) mass is 262 g/mol. The van der Waals surface area contributed by atoms with Crippen LogP contribution in [0.25, 0.3) is 0 Å². The molecule has 0 radical (unpaired) electrons. The Morgan fingerprint density at radius 1 is 1.53 bits per heavy atom. The summed E-state index contributed by atoms with van der Waals surface area (Å²) >= 11 is 0. The topological polar surface area (TPSA) is 64.3 Å². The number of nitrogens with two attached hydrogens (primary N) is 1. The Balaban J connectivity index is 1.97. The minimum Gasteiger partial charge on any atom is -0.493 e. The lowest BCUT2D eigenvalue weighted by Crippen LogP contribution is -2.24. The summed E-state index contributed by atoms with van der Waals surface area (Å²) in [7, 11) is 0. The van der Waals surface area contributed by atoms with Crippen molar-refractivity contribution >= 4 is 5.91 Å². The summed E-state index contributed by atoms with van der Waals surface area (Å²) in [4.78, 5) is 11.4. The molecular formula is C15H22N2O2. The van der Waals surface area contributed by atoms with Gasteiger partial charge >= 0.3 is 0 Å². The van der Waals surface area contributed by atoms with E-state index in [1.54, 1.807) is 0 Å². The molecule has 19 heavy (non-hydrogen) atoms. The van der Waals surface area contributed by atoms with Crippen LogP contribution in [0.1, 0.15) is 43.4 Å². The summed E-state index contributed by atoms with van der Waals surface area (Å²) < 4.78 is 5.75. The lowest BCUT2D eigenvalue weighted by Gasteiger charge is -2.24. The molecule has 1 aliphatic carbocycles. The molecule has 0 fully saturated rings. The molecule has 0 spiro atoms. The highest BCUT2D eigenvalue weighted by atomic mass is 16.5. The molecule has 1 aromatic carbocycles. The number of rotatable bonds is 5. The van der Waals surface area contributed by atoms with Crippen LogP contribution in [0.4, 0.5) is 0 Å². The van der Waals surface area contributed by atoms with E-state index in [4.69, 9.17) is 10.5 Å². The zero-order chi connectivity index (χ0) is 13.7. The Morgan fingerprint density at radius 3 is 3.16 bits per heavy atom. The fourth-order valence-corrected chi connectivity index (χ4v) is 2.53. The zero-order valence-electron chi connectivity index (χ0n) is 11.4. The Labute approximate surface area is 114 Å². The highest BCUT2D eigenvalue weighted by molar-refractivity contribution is 5.75. The quantitative estimate of drug-likeness (QED) is 0.852. The first-order valence-corrected chi connectivity index (χ1v) is 6.99. The normalized spacial score (nSPS) is 17.7. The predicted molar refractivity (Wildman–Crippen MR) is 75.1 cm³/mol. The van der Waals surface area contributed by atoms with Gasteiger partial charge in [-0.05, 0) is 43.4 Å². The number of amides is 1. The van der Waals surface area contributed by atoms with Crippen LogP contribution in [0.2, 0.25) is 0 Å². The van der Waals surface area contributed by atoms with E-state index >= 15 is 0 Å². The van der Waals surface area contributed by atoms with Crippen LogP contribution in [0.15, 0.2) is 18.2 Å². The van der Waals surface area contributed by atoms with E-state index in [1.807, 2.05) is 19.1 Å². The standard InChI is InChI=1S/C15H22N2O2/c1-2-17-15(18)9-10-19-14-8-4-5-11-12(14)6-3-7-13(11)16/h4-5,8,13H,2-3,6-7,9-10,16H2,1H3,(H,17,18). The van der Waals surface area contributed by atoms with Crippen molar-refractivity contribution in [1.29, 1.82) is 0 Å². The minimum atomic E-state index is 0.0315. The second kappa shape index (κ2) is 6.57. The minimum absolute atomic E-state index is 0.0315. The van der Waals surface area contributed by atoms with Gasteiger partial charge in [-0.1, -0.05) is 12.1 Å². The Hall–Kier alpha value is -1.55. The summed E-state index contributed by atoms with van der Waals surface area (Å²) in [6.45, 7) is 2.99. The van der Waals surface area contributed by atoms with Gasteiger partial charge in [0.1, 0.15) is 5.75 Å². The molecule has 0 aromatic heterocycles. The van der Waals surface area contributed by atoms with E-state index in [1.165, 1.54) is 11.1 Å². The molecule has 0 bridgehead atoms. The van der Waals surface area contributed by atoms with Gasteiger partial charge in [-0.15, -0.1) is 0 Å². The van der Waals surface area contributed by atoms with Crippen LogP contribution in [0.3, 0.4) is 0 Å². The number of ether oxygens (including phenoxy) is 1. The Morgan fingerprint density at radius 2 is 2.37 bits per heavy atom. The van der Waals surface area contributed by atoms with Crippen molar-refractivity contribution in [2.75, 3.05) is 13.2 Å². The van der Waals surface area contributed by atoms with Crippen LogP contribution in [0, 0.1) is 0 Å². The van der Waals surface area contributed by atoms with Gasteiger partial charge in [0.15, 0.2) is 0 Å². The number of nitrogens with one attached hydrogen (secondary N) is 1. The van der Waals surface area contributed by atoms with E-state index in [-0.39, 0.29) is 11.9 Å². The fraction of sp³-hybridized carbons (Fsp3) is 0.533. The maximum Gasteiger partial charge on any atom is 0.223 e. The second-order valence-electron chi connectivity index (χ2n) is 4.87. The smallest absolute Gasteiger partial charge is 0.223 e. The molecule has 1 unspecified atom stereocenters. The van der Waals surface area contributed by atoms with Crippen molar-refractivity contribution in [3.63, 3.8) is 0 Å². The molecule has 1 amide bonds. The highest BCUT2D eigenvalue weighted by Crippen LogP contribution is 2.33. The summed E-state index contributed by atoms with van der Waals surface area (Å²) in [6, 6.07) is 6.14.